The molecule has 53 heavy (non-hydrogen) atoms. The monoisotopic (exact) mass is 783 g/mol. The third kappa shape index (κ3) is 7.52. The van der Waals surface area contributed by atoms with Gasteiger partial charge in [-0.15, -0.1) is 16.9 Å². The first-order valence-corrected chi connectivity index (χ1v) is 19.2. The second kappa shape index (κ2) is 14.6. The van der Waals surface area contributed by atoms with Crippen LogP contribution in [0.3, 0.4) is 0 Å². The molecule has 0 aliphatic carbocycles. The van der Waals surface area contributed by atoms with Gasteiger partial charge in [0.2, 0.25) is 17.0 Å². The molecule has 0 saturated carbocycles. The standard InChI is InChI=1S/C30H29N11O9S3/c1-39-30(36-37-38-39)52-13-15-12-51-26-20(25(45)41(26)22(15)27(46)47)34-24(44)21(14-3-7-17(42)8-4-14)40(28(31)48)19-11-32-29(35-23(19)43)33-16-5-9-18(10-6-16)53(2,49)50/h3-11,20-21,26,42H,12-13H2,1-2H3,(H2,31,48)(H,34,44)(H,46,47)(H2,32,33,35,43)/t20?,21?,26-/m0/s1. The van der Waals surface area contributed by atoms with Gasteiger partial charge in [-0.25, -0.2) is 27.7 Å². The van der Waals surface area contributed by atoms with E-state index in [-0.39, 0.29) is 39.4 Å². The summed E-state index contributed by atoms with van der Waals surface area (Å²) in [5.74, 6) is -2.87. The summed E-state index contributed by atoms with van der Waals surface area (Å²) in [4.78, 5) is 74.8. The van der Waals surface area contributed by atoms with Gasteiger partial charge in [0.1, 0.15) is 34.6 Å². The van der Waals surface area contributed by atoms with E-state index in [1.807, 2.05) is 0 Å². The number of carbonyl (C=O) groups is 4. The van der Waals surface area contributed by atoms with E-state index < -0.39 is 62.4 Å². The lowest BCUT2D eigenvalue weighted by Crippen LogP contribution is -2.71. The van der Waals surface area contributed by atoms with Crippen LogP contribution in [0, 0.1) is 0 Å². The number of sulfone groups is 1. The van der Waals surface area contributed by atoms with Gasteiger partial charge in [0.15, 0.2) is 9.84 Å². The van der Waals surface area contributed by atoms with Gasteiger partial charge in [0.05, 0.1) is 11.1 Å². The van der Waals surface area contributed by atoms with Gasteiger partial charge in [-0.2, -0.15) is 0 Å². The highest BCUT2D eigenvalue weighted by Crippen LogP contribution is 2.42. The number of phenols is 1. The molecule has 2 aliphatic rings. The zero-order valence-electron chi connectivity index (χ0n) is 27.5. The van der Waals surface area contributed by atoms with Crippen LogP contribution in [0.2, 0.25) is 0 Å². The lowest BCUT2D eigenvalue weighted by Gasteiger charge is -2.49. The number of primary amides is 1. The number of phenolic OH excluding ortho intramolecular Hbond substituents is 1. The number of hydrogen-bond donors (Lipinski definition) is 6. The number of aromatic hydroxyl groups is 1. The number of nitrogens with two attached hydrogens (primary N) is 1. The van der Waals surface area contributed by atoms with Crippen LogP contribution in [0.25, 0.3) is 0 Å². The molecule has 4 aromatic rings. The third-order valence-corrected chi connectivity index (χ3v) is 11.6. The molecular weight excluding hydrogens is 755 g/mol. The Kier molecular flexibility index (Phi) is 10.1. The number of H-pyrrole nitrogens is 1. The number of aryl methyl sites for hydroxylation is 1. The zero-order chi connectivity index (χ0) is 38.2. The average molecular weight is 784 g/mol. The van der Waals surface area contributed by atoms with E-state index in [2.05, 4.69) is 36.1 Å². The largest absolute Gasteiger partial charge is 0.508 e. The molecular formula is C30H29N11O9S3. The lowest BCUT2D eigenvalue weighted by molar-refractivity contribution is -0.150. The first kappa shape index (κ1) is 36.8. The maximum Gasteiger partial charge on any atom is 0.352 e. The fourth-order valence-electron chi connectivity index (χ4n) is 5.53. The van der Waals surface area contributed by atoms with Crippen molar-refractivity contribution >= 4 is 74.5 Å². The molecule has 0 spiro atoms. The summed E-state index contributed by atoms with van der Waals surface area (Å²) in [5.41, 5.74) is 5.08. The molecule has 4 amide bonds. The van der Waals surface area contributed by atoms with Gasteiger partial charge in [-0.05, 0) is 58.0 Å². The van der Waals surface area contributed by atoms with Crippen LogP contribution in [0.4, 0.5) is 22.1 Å². The number of fused-ring (bicyclic) bond motifs is 1. The number of nitrogens with zero attached hydrogens (tertiary/aromatic N) is 7. The SMILES string of the molecule is Cn1nnnc1SCC1=C(C(=O)O)N2C(=O)C(NC(=O)C(c3ccc(O)cc3)N(C(N)=O)c3cnc(Nc4ccc(S(C)(=O)=O)cc4)[nH]c3=O)[C@@H]2SC1. The molecule has 2 aromatic heterocycles. The maximum absolute atomic E-state index is 14.1. The number of urea groups is 1. The van der Waals surface area contributed by atoms with Gasteiger partial charge in [-0.1, -0.05) is 23.9 Å². The smallest absolute Gasteiger partial charge is 0.352 e. The number of carboxylic acid groups (broad SMARTS) is 1. The Morgan fingerprint density at radius 1 is 1.15 bits per heavy atom. The molecule has 276 valence electrons. The molecule has 2 aliphatic heterocycles. The Morgan fingerprint density at radius 3 is 2.43 bits per heavy atom. The number of hydrogen-bond acceptors (Lipinski definition) is 15. The predicted octanol–water partition coefficient (Wildman–Crippen LogP) is 0.303. The summed E-state index contributed by atoms with van der Waals surface area (Å²) in [6, 6.07) is 6.60. The fourth-order valence-corrected chi connectivity index (χ4v) is 8.49. The average Bonchev–Trinajstić information content (AvgIpc) is 3.52. The minimum absolute atomic E-state index is 0.0731. The zero-order valence-corrected chi connectivity index (χ0v) is 30.0. The normalized spacial score (nSPS) is 17.4. The van der Waals surface area contributed by atoms with Gasteiger partial charge < -0.3 is 26.6 Å². The number of β-lactam (4-membered cyclic amide) rings is 1. The highest BCUT2D eigenvalue weighted by molar-refractivity contribution is 8.01. The summed E-state index contributed by atoms with van der Waals surface area (Å²) in [6.45, 7) is 0. The van der Waals surface area contributed by atoms with Crippen LogP contribution in [0.15, 0.2) is 80.8 Å². The number of anilines is 3. The first-order chi connectivity index (χ1) is 25.1. The van der Waals surface area contributed by atoms with E-state index in [0.717, 1.165) is 17.4 Å². The summed E-state index contributed by atoms with van der Waals surface area (Å²) in [6.07, 6.45) is 2.05. The fraction of sp³-hybridized carbons (Fsp3) is 0.233. The second-order valence-corrected chi connectivity index (χ2v) is 15.7. The number of nitrogens with one attached hydrogen (secondary N) is 3. The number of thioether (sulfide) groups is 2. The molecule has 3 atom stereocenters. The van der Waals surface area contributed by atoms with Gasteiger partial charge in [0, 0.05) is 30.5 Å². The number of rotatable bonds is 12. The summed E-state index contributed by atoms with van der Waals surface area (Å²) in [7, 11) is -1.82. The molecule has 23 heteroatoms. The second-order valence-electron chi connectivity index (χ2n) is 11.6. The number of benzene rings is 2. The van der Waals surface area contributed by atoms with E-state index in [4.69, 9.17) is 5.73 Å². The number of amides is 4. The van der Waals surface area contributed by atoms with Gasteiger partial charge >= 0.3 is 12.0 Å². The number of aliphatic carboxylic acids is 1. The minimum Gasteiger partial charge on any atom is -0.508 e. The molecule has 6 rings (SSSR count). The molecule has 7 N–H and O–H groups in total. The van der Waals surface area contributed by atoms with Crippen LogP contribution in [0.1, 0.15) is 11.6 Å². The van der Waals surface area contributed by atoms with Crippen molar-refractivity contribution in [2.75, 3.05) is 28.0 Å². The number of aromatic nitrogens is 6. The Morgan fingerprint density at radius 2 is 1.85 bits per heavy atom. The number of carbonyl (C=O) groups excluding carboxylic acids is 3. The van der Waals surface area contributed by atoms with Crippen molar-refractivity contribution in [1.82, 2.24) is 40.4 Å². The summed E-state index contributed by atoms with van der Waals surface area (Å²) in [5, 5.41) is 36.2. The Hall–Kier alpha value is -5.94. The number of tetrazole rings is 1. The Labute approximate surface area is 307 Å². The molecule has 1 fully saturated rings. The highest BCUT2D eigenvalue weighted by atomic mass is 32.2. The molecule has 0 radical (unpaired) electrons. The summed E-state index contributed by atoms with van der Waals surface area (Å²) >= 11 is 2.41. The maximum atomic E-state index is 14.1. The number of carboxylic acids is 1. The molecule has 2 unspecified atom stereocenters. The Bertz CT molecular complexity index is 2310. The molecule has 20 nitrogen and oxygen atoms in total. The topological polar surface area (TPSA) is 289 Å². The molecule has 2 aromatic carbocycles. The van der Waals surface area contributed by atoms with Crippen molar-refractivity contribution in [2.45, 2.75) is 27.5 Å². The van der Waals surface area contributed by atoms with Crippen molar-refractivity contribution in [3.63, 3.8) is 0 Å². The van der Waals surface area contributed by atoms with E-state index in [1.165, 1.54) is 76.7 Å². The quantitative estimate of drug-likeness (QED) is 0.0832. The minimum atomic E-state index is -3.45. The van der Waals surface area contributed by atoms with Crippen molar-refractivity contribution in [1.29, 1.82) is 0 Å². The van der Waals surface area contributed by atoms with Crippen molar-refractivity contribution in [2.24, 2.45) is 12.8 Å². The van der Waals surface area contributed by atoms with Crippen molar-refractivity contribution < 1.29 is 37.8 Å². The Balaban J connectivity index is 1.26. The van der Waals surface area contributed by atoms with E-state index >= 15 is 0 Å². The lowest BCUT2D eigenvalue weighted by atomic mass is 10.00. The third-order valence-electron chi connectivity index (χ3n) is 8.04. The first-order valence-electron chi connectivity index (χ1n) is 15.2. The van der Waals surface area contributed by atoms with E-state index in [0.29, 0.717) is 21.3 Å². The summed E-state index contributed by atoms with van der Waals surface area (Å²) < 4.78 is 25.0. The number of aromatic amines is 1. The van der Waals surface area contributed by atoms with Crippen LogP contribution in [0.5, 0.6) is 5.75 Å². The molecule has 1 saturated heterocycles. The van der Waals surface area contributed by atoms with E-state index in [1.54, 1.807) is 7.05 Å². The molecule has 0 bridgehead atoms. The van der Waals surface area contributed by atoms with Crippen LogP contribution in [-0.2, 0) is 31.3 Å². The van der Waals surface area contributed by atoms with Crippen LogP contribution >= 0.6 is 23.5 Å². The van der Waals surface area contributed by atoms with Crippen LogP contribution in [-0.4, -0.2) is 107 Å². The van der Waals surface area contributed by atoms with Gasteiger partial charge in [-0.3, -0.25) is 29.2 Å². The predicted molar refractivity (Wildman–Crippen MR) is 190 cm³/mol. The van der Waals surface area contributed by atoms with Gasteiger partial charge in [0.25, 0.3) is 11.5 Å². The van der Waals surface area contributed by atoms with Crippen molar-refractivity contribution in [3.8, 4) is 5.75 Å². The van der Waals surface area contributed by atoms with Crippen molar-refractivity contribution in [3.05, 3.63) is 81.9 Å². The van der Waals surface area contributed by atoms with E-state index in [9.17, 15) is 42.6 Å². The van der Waals surface area contributed by atoms with Crippen LogP contribution < -0.4 is 26.8 Å². The highest BCUT2D eigenvalue weighted by Gasteiger charge is 2.55. The molecule has 4 heterocycles.